The lowest BCUT2D eigenvalue weighted by molar-refractivity contribution is 0.105. The van der Waals surface area contributed by atoms with E-state index in [0.29, 0.717) is 6.54 Å². The highest BCUT2D eigenvalue weighted by Crippen LogP contribution is 2.31. The van der Waals surface area contributed by atoms with Crippen LogP contribution in [-0.2, 0) is 10.2 Å². The molecule has 0 bridgehead atoms. The van der Waals surface area contributed by atoms with Gasteiger partial charge in [-0.25, -0.2) is 9.86 Å². The van der Waals surface area contributed by atoms with Crippen LogP contribution < -0.4 is 9.86 Å². The zero-order valence-corrected chi connectivity index (χ0v) is 10.3. The molecule has 0 atom stereocenters. The van der Waals surface area contributed by atoms with E-state index in [9.17, 15) is 8.42 Å². The first-order valence-corrected chi connectivity index (χ1v) is 6.85. The fourth-order valence-corrected chi connectivity index (χ4v) is 2.70. The Morgan fingerprint density at radius 2 is 1.80 bits per heavy atom. The number of likely N-dealkylation sites (N-methyl/N-ethyl adjacent to an activating group) is 1. The lowest BCUT2D eigenvalue weighted by Crippen LogP contribution is -2.54. The molecule has 0 unspecified atom stereocenters. The molecule has 0 aromatic carbocycles. The molecule has 3 N–H and O–H groups in total. The summed E-state index contributed by atoms with van der Waals surface area (Å²) in [5.41, 5.74) is -0.0509. The average molecular weight is 235 g/mol. The minimum Gasteiger partial charge on any atom is -0.302 e. The Bertz CT molecular complexity index is 294. The molecule has 1 aliphatic rings. The van der Waals surface area contributed by atoms with E-state index < -0.39 is 10.2 Å². The molecule has 0 saturated heterocycles. The summed E-state index contributed by atoms with van der Waals surface area (Å²) in [6, 6.07) is 0. The quantitative estimate of drug-likeness (QED) is 0.722. The number of nitrogens with zero attached hydrogens (tertiary/aromatic N) is 1. The van der Waals surface area contributed by atoms with Crippen LogP contribution in [0.2, 0.25) is 0 Å². The van der Waals surface area contributed by atoms with Gasteiger partial charge in [0.15, 0.2) is 0 Å². The van der Waals surface area contributed by atoms with Crippen LogP contribution in [0.3, 0.4) is 0 Å². The average Bonchev–Trinajstić information content (AvgIpc) is 2.15. The van der Waals surface area contributed by atoms with Crippen molar-refractivity contribution in [1.82, 2.24) is 9.62 Å². The lowest BCUT2D eigenvalue weighted by atomic mass is 9.81. The van der Waals surface area contributed by atoms with E-state index in [-0.39, 0.29) is 5.54 Å². The van der Waals surface area contributed by atoms with E-state index in [1.807, 2.05) is 14.1 Å². The summed E-state index contributed by atoms with van der Waals surface area (Å²) in [7, 11) is 0.421. The fraction of sp³-hybridized carbons (Fsp3) is 1.00. The molecule has 1 aliphatic carbocycles. The van der Waals surface area contributed by atoms with Crippen LogP contribution >= 0.6 is 0 Å². The van der Waals surface area contributed by atoms with Gasteiger partial charge >= 0.3 is 0 Å². The molecular formula is C9H21N3O2S. The van der Waals surface area contributed by atoms with Gasteiger partial charge in [-0.3, -0.25) is 0 Å². The summed E-state index contributed by atoms with van der Waals surface area (Å²) >= 11 is 0. The van der Waals surface area contributed by atoms with Gasteiger partial charge in [0.1, 0.15) is 0 Å². The highest BCUT2D eigenvalue weighted by atomic mass is 32.2. The second-order valence-electron chi connectivity index (χ2n) is 4.55. The van der Waals surface area contributed by atoms with Crippen LogP contribution in [0.15, 0.2) is 0 Å². The molecule has 0 aromatic rings. The molecule has 0 amide bonds. The molecule has 0 heterocycles. The predicted molar refractivity (Wildman–Crippen MR) is 60.6 cm³/mol. The van der Waals surface area contributed by atoms with Gasteiger partial charge < -0.3 is 4.90 Å². The molecule has 15 heavy (non-hydrogen) atoms. The molecule has 0 aromatic heterocycles. The van der Waals surface area contributed by atoms with E-state index in [0.717, 1.165) is 25.7 Å². The van der Waals surface area contributed by atoms with Crippen molar-refractivity contribution < 1.29 is 8.42 Å². The number of hydrogen-bond acceptors (Lipinski definition) is 3. The Morgan fingerprint density at radius 3 is 2.20 bits per heavy atom. The summed E-state index contributed by atoms with van der Waals surface area (Å²) in [6.45, 7) is 0.416. The third-order valence-electron chi connectivity index (χ3n) is 3.34. The van der Waals surface area contributed by atoms with E-state index >= 15 is 0 Å². The summed E-state index contributed by atoms with van der Waals surface area (Å²) in [6.07, 6.45) is 5.62. The summed E-state index contributed by atoms with van der Waals surface area (Å²) < 4.78 is 24.2. The van der Waals surface area contributed by atoms with Crippen LogP contribution in [-0.4, -0.2) is 39.5 Å². The van der Waals surface area contributed by atoms with Crippen molar-refractivity contribution in [1.29, 1.82) is 0 Å². The Kier molecular flexibility index (Phi) is 4.11. The molecule has 6 heteroatoms. The van der Waals surface area contributed by atoms with Crippen molar-refractivity contribution >= 4 is 10.2 Å². The van der Waals surface area contributed by atoms with Gasteiger partial charge in [-0.1, -0.05) is 19.3 Å². The number of nitrogens with one attached hydrogen (secondary N) is 1. The topological polar surface area (TPSA) is 75.4 Å². The van der Waals surface area contributed by atoms with Crippen LogP contribution in [0.1, 0.15) is 32.1 Å². The van der Waals surface area contributed by atoms with Crippen LogP contribution in [0, 0.1) is 0 Å². The third-order valence-corrected chi connectivity index (χ3v) is 3.88. The first-order valence-electron chi connectivity index (χ1n) is 5.31. The van der Waals surface area contributed by atoms with Gasteiger partial charge in [-0.2, -0.15) is 8.42 Å². The summed E-state index contributed by atoms with van der Waals surface area (Å²) in [5, 5.41) is 4.95. The SMILES string of the molecule is CN(C)C1(CNS(N)(=O)=O)CCCCC1. The van der Waals surface area contributed by atoms with E-state index in [1.165, 1.54) is 6.42 Å². The zero-order chi connectivity index (χ0) is 11.5. The van der Waals surface area contributed by atoms with Crippen molar-refractivity contribution in [2.24, 2.45) is 5.14 Å². The Hall–Kier alpha value is -0.170. The van der Waals surface area contributed by atoms with Crippen LogP contribution in [0.25, 0.3) is 0 Å². The molecule has 0 spiro atoms. The molecule has 1 saturated carbocycles. The van der Waals surface area contributed by atoms with Gasteiger partial charge in [0.25, 0.3) is 10.2 Å². The van der Waals surface area contributed by atoms with Crippen molar-refractivity contribution in [3.05, 3.63) is 0 Å². The first kappa shape index (κ1) is 12.9. The molecular weight excluding hydrogens is 214 g/mol. The number of nitrogens with two attached hydrogens (primary N) is 1. The van der Waals surface area contributed by atoms with Gasteiger partial charge in [0.05, 0.1) is 0 Å². The summed E-state index contributed by atoms with van der Waals surface area (Å²) in [4.78, 5) is 2.12. The third kappa shape index (κ3) is 3.71. The molecule has 5 nitrogen and oxygen atoms in total. The maximum atomic E-state index is 10.9. The first-order chi connectivity index (χ1) is 6.86. The summed E-state index contributed by atoms with van der Waals surface area (Å²) in [5.74, 6) is 0. The number of rotatable bonds is 4. The van der Waals surface area contributed by atoms with Crippen LogP contribution in [0.4, 0.5) is 0 Å². The van der Waals surface area contributed by atoms with Gasteiger partial charge in [0, 0.05) is 12.1 Å². The Labute approximate surface area is 92.2 Å². The Morgan fingerprint density at radius 1 is 1.27 bits per heavy atom. The highest BCUT2D eigenvalue weighted by Gasteiger charge is 2.34. The van der Waals surface area contributed by atoms with Gasteiger partial charge in [-0.15, -0.1) is 0 Å². The van der Waals surface area contributed by atoms with Gasteiger partial charge in [0.2, 0.25) is 0 Å². The lowest BCUT2D eigenvalue weighted by Gasteiger charge is -2.42. The van der Waals surface area contributed by atoms with E-state index in [1.54, 1.807) is 0 Å². The van der Waals surface area contributed by atoms with E-state index in [4.69, 9.17) is 5.14 Å². The Balaban J connectivity index is 2.65. The smallest absolute Gasteiger partial charge is 0.274 e. The molecule has 1 rings (SSSR count). The van der Waals surface area contributed by atoms with Crippen LogP contribution in [0.5, 0.6) is 0 Å². The molecule has 90 valence electrons. The van der Waals surface area contributed by atoms with Crippen molar-refractivity contribution in [2.75, 3.05) is 20.6 Å². The van der Waals surface area contributed by atoms with Crippen molar-refractivity contribution in [2.45, 2.75) is 37.6 Å². The maximum Gasteiger partial charge on any atom is 0.274 e. The fourth-order valence-electron chi connectivity index (χ4n) is 2.23. The largest absolute Gasteiger partial charge is 0.302 e. The zero-order valence-electron chi connectivity index (χ0n) is 9.49. The minimum atomic E-state index is -3.57. The second-order valence-corrected chi connectivity index (χ2v) is 5.92. The predicted octanol–water partition coefficient (Wildman–Crippen LogP) is 0.0440. The monoisotopic (exact) mass is 235 g/mol. The normalized spacial score (nSPS) is 21.9. The van der Waals surface area contributed by atoms with E-state index in [2.05, 4.69) is 9.62 Å². The molecule has 0 aliphatic heterocycles. The molecule has 1 fully saturated rings. The molecule has 0 radical (unpaired) electrons. The minimum absolute atomic E-state index is 0.0509. The van der Waals surface area contributed by atoms with Gasteiger partial charge in [-0.05, 0) is 26.9 Å². The second kappa shape index (κ2) is 4.78. The standard InChI is InChI=1S/C9H21N3O2S/c1-12(2)9(6-4-3-5-7-9)8-11-15(10,13)14/h11H,3-8H2,1-2H3,(H2,10,13,14). The van der Waals surface area contributed by atoms with Crippen molar-refractivity contribution in [3.8, 4) is 0 Å². The number of hydrogen-bond donors (Lipinski definition) is 2. The highest BCUT2D eigenvalue weighted by molar-refractivity contribution is 7.87. The van der Waals surface area contributed by atoms with Crippen molar-refractivity contribution in [3.63, 3.8) is 0 Å². The maximum absolute atomic E-state index is 10.9.